The Kier molecular flexibility index (Phi) is 8.22. The first-order chi connectivity index (χ1) is 6.20. The lowest BCUT2D eigenvalue weighted by molar-refractivity contribution is -0.157. The van der Waals surface area contributed by atoms with E-state index in [2.05, 4.69) is 25.4 Å². The van der Waals surface area contributed by atoms with Crippen molar-refractivity contribution in [2.75, 3.05) is 24.1 Å². The summed E-state index contributed by atoms with van der Waals surface area (Å²) < 4.78 is 9.24. The zero-order chi connectivity index (χ0) is 10.1. The molecule has 0 aromatic carbocycles. The van der Waals surface area contributed by atoms with E-state index < -0.39 is 11.9 Å². The molecule has 0 N–H and O–H groups in total. The van der Waals surface area contributed by atoms with Crippen molar-refractivity contribution in [1.29, 1.82) is 0 Å². The molecule has 0 aliphatic carbocycles. The molecule has 13 heavy (non-hydrogen) atoms. The molecule has 0 radical (unpaired) electrons. The molecule has 4 nitrogen and oxygen atoms in total. The Morgan fingerprint density at radius 1 is 1.31 bits per heavy atom. The van der Waals surface area contributed by atoms with E-state index in [0.717, 1.165) is 0 Å². The van der Waals surface area contributed by atoms with Gasteiger partial charge in [0, 0.05) is 5.33 Å². The zero-order valence-electron chi connectivity index (χ0n) is 7.25. The van der Waals surface area contributed by atoms with Crippen LogP contribution in [0.1, 0.15) is 6.42 Å². The molecule has 0 rings (SSSR count). The molecule has 6 heteroatoms. The van der Waals surface area contributed by atoms with Crippen LogP contribution >= 0.6 is 27.7 Å². The summed E-state index contributed by atoms with van der Waals surface area (Å²) in [7, 11) is 0. The van der Waals surface area contributed by atoms with E-state index >= 15 is 0 Å². The first-order valence-electron chi connectivity index (χ1n) is 3.57. The van der Waals surface area contributed by atoms with Crippen molar-refractivity contribution in [3.63, 3.8) is 0 Å². The van der Waals surface area contributed by atoms with Gasteiger partial charge in [-0.2, -0.15) is 0 Å². The molecule has 0 aromatic heterocycles. The van der Waals surface area contributed by atoms with Crippen LogP contribution in [-0.4, -0.2) is 36.1 Å². The molecule has 0 aliphatic rings. The van der Waals surface area contributed by atoms with E-state index in [0.29, 0.717) is 5.33 Å². The number of rotatable bonds is 6. The molecule has 0 unspecified atom stereocenters. The number of carbonyl (C=O) groups is 2. The number of alkyl halides is 1. The fourth-order valence-corrected chi connectivity index (χ4v) is 1.03. The summed E-state index contributed by atoms with van der Waals surface area (Å²) in [6.07, 6.45) is 2.07. The molecule has 0 bridgehead atoms. The standard InChI is InChI=1S/C7H11BrO4S/c1-13-5-12-7(10)4-11-6(9)2-3-8/h2-5H2,1H3. The highest BCUT2D eigenvalue weighted by molar-refractivity contribution is 9.09. The minimum atomic E-state index is -0.516. The fraction of sp³-hybridized carbons (Fsp3) is 0.714. The maximum absolute atomic E-state index is 10.8. The molecule has 0 atom stereocenters. The van der Waals surface area contributed by atoms with E-state index in [4.69, 9.17) is 0 Å². The van der Waals surface area contributed by atoms with Crippen LogP contribution in [-0.2, 0) is 19.1 Å². The summed E-state index contributed by atoms with van der Waals surface area (Å²) in [5.74, 6) is -0.635. The lowest BCUT2D eigenvalue weighted by Crippen LogP contribution is -2.16. The Balaban J connectivity index is 3.40. The Labute approximate surface area is 89.5 Å². The third kappa shape index (κ3) is 8.11. The highest BCUT2D eigenvalue weighted by atomic mass is 79.9. The smallest absolute Gasteiger partial charge is 0.345 e. The third-order valence-corrected chi connectivity index (χ3v) is 1.74. The summed E-state index contributed by atoms with van der Waals surface area (Å²) in [4.78, 5) is 21.5. The number of halogens is 1. The second-order valence-electron chi connectivity index (χ2n) is 2.02. The first-order valence-corrected chi connectivity index (χ1v) is 6.08. The van der Waals surface area contributed by atoms with Crippen LogP contribution in [0.15, 0.2) is 0 Å². The SMILES string of the molecule is CSCOC(=O)COC(=O)CCBr. The lowest BCUT2D eigenvalue weighted by atomic mass is 10.5. The van der Waals surface area contributed by atoms with Gasteiger partial charge in [-0.1, -0.05) is 15.9 Å². The van der Waals surface area contributed by atoms with Crippen LogP contribution in [0.3, 0.4) is 0 Å². The number of esters is 2. The highest BCUT2D eigenvalue weighted by Gasteiger charge is 2.06. The number of ether oxygens (including phenoxy) is 2. The fourth-order valence-electron chi connectivity index (χ4n) is 0.455. The highest BCUT2D eigenvalue weighted by Crippen LogP contribution is 1.95. The Morgan fingerprint density at radius 3 is 2.54 bits per heavy atom. The Hall–Kier alpha value is -0.230. The monoisotopic (exact) mass is 270 g/mol. The average Bonchev–Trinajstić information content (AvgIpc) is 2.12. The molecular weight excluding hydrogens is 260 g/mol. The summed E-state index contributed by atoms with van der Waals surface area (Å²) in [6, 6.07) is 0. The Morgan fingerprint density at radius 2 is 2.00 bits per heavy atom. The third-order valence-electron chi connectivity index (χ3n) is 0.987. The van der Waals surface area contributed by atoms with Crippen LogP contribution in [0.25, 0.3) is 0 Å². The number of hydrogen-bond acceptors (Lipinski definition) is 5. The molecule has 0 saturated carbocycles. The molecule has 0 aliphatic heterocycles. The summed E-state index contributed by atoms with van der Waals surface area (Å²) >= 11 is 4.46. The minimum absolute atomic E-state index is 0.260. The van der Waals surface area contributed by atoms with Gasteiger partial charge in [0.05, 0.1) is 6.42 Å². The maximum Gasteiger partial charge on any atom is 0.345 e. The van der Waals surface area contributed by atoms with Gasteiger partial charge < -0.3 is 9.47 Å². The Bertz CT molecular complexity index is 174. The van der Waals surface area contributed by atoms with Gasteiger partial charge in [-0.05, 0) is 6.26 Å². The van der Waals surface area contributed by atoms with Crippen molar-refractivity contribution in [1.82, 2.24) is 0 Å². The zero-order valence-corrected chi connectivity index (χ0v) is 9.65. The van der Waals surface area contributed by atoms with E-state index in [1.165, 1.54) is 11.8 Å². The molecule has 0 amide bonds. The normalized spacial score (nSPS) is 9.38. The van der Waals surface area contributed by atoms with Gasteiger partial charge >= 0.3 is 11.9 Å². The molecule has 0 spiro atoms. The predicted molar refractivity (Wildman–Crippen MR) is 53.8 cm³/mol. The van der Waals surface area contributed by atoms with E-state index in [-0.39, 0.29) is 19.0 Å². The summed E-state index contributed by atoms with van der Waals surface area (Å²) in [5.41, 5.74) is 0. The summed E-state index contributed by atoms with van der Waals surface area (Å²) in [6.45, 7) is -0.299. The number of hydrogen-bond donors (Lipinski definition) is 0. The molecule has 0 heterocycles. The lowest BCUT2D eigenvalue weighted by Gasteiger charge is -2.03. The van der Waals surface area contributed by atoms with Crippen molar-refractivity contribution in [2.24, 2.45) is 0 Å². The maximum atomic E-state index is 10.8. The second kappa shape index (κ2) is 8.37. The second-order valence-corrected chi connectivity index (χ2v) is 3.63. The van der Waals surface area contributed by atoms with Gasteiger partial charge in [0.1, 0.15) is 5.94 Å². The first kappa shape index (κ1) is 12.8. The quantitative estimate of drug-likeness (QED) is 0.412. The summed E-state index contributed by atoms with van der Waals surface area (Å²) in [5, 5.41) is 0.533. The van der Waals surface area contributed by atoms with Crippen molar-refractivity contribution < 1.29 is 19.1 Å². The predicted octanol–water partition coefficient (Wildman–Crippen LogP) is 1.18. The van der Waals surface area contributed by atoms with Crippen LogP contribution in [0.2, 0.25) is 0 Å². The van der Waals surface area contributed by atoms with Crippen molar-refractivity contribution in [2.45, 2.75) is 6.42 Å². The molecule has 0 aromatic rings. The van der Waals surface area contributed by atoms with E-state index in [1.807, 2.05) is 6.26 Å². The van der Waals surface area contributed by atoms with Gasteiger partial charge in [0.25, 0.3) is 0 Å². The van der Waals surface area contributed by atoms with E-state index in [1.54, 1.807) is 0 Å². The average molecular weight is 271 g/mol. The number of thioether (sulfide) groups is 1. The minimum Gasteiger partial charge on any atom is -0.454 e. The van der Waals surface area contributed by atoms with Crippen molar-refractivity contribution >= 4 is 39.6 Å². The van der Waals surface area contributed by atoms with Gasteiger partial charge in [-0.25, -0.2) is 4.79 Å². The van der Waals surface area contributed by atoms with Gasteiger partial charge in [-0.15, -0.1) is 11.8 Å². The van der Waals surface area contributed by atoms with Crippen molar-refractivity contribution in [3.05, 3.63) is 0 Å². The van der Waals surface area contributed by atoms with Crippen LogP contribution in [0.4, 0.5) is 0 Å². The van der Waals surface area contributed by atoms with Crippen LogP contribution < -0.4 is 0 Å². The molecule has 76 valence electrons. The largest absolute Gasteiger partial charge is 0.454 e. The van der Waals surface area contributed by atoms with Gasteiger partial charge in [-0.3, -0.25) is 4.79 Å². The van der Waals surface area contributed by atoms with Gasteiger partial charge in [0.15, 0.2) is 6.61 Å². The number of carbonyl (C=O) groups excluding carboxylic acids is 2. The van der Waals surface area contributed by atoms with E-state index in [9.17, 15) is 9.59 Å². The molecule has 0 saturated heterocycles. The van der Waals surface area contributed by atoms with Crippen LogP contribution in [0.5, 0.6) is 0 Å². The molecule has 0 fully saturated rings. The molecular formula is C7H11BrO4S. The van der Waals surface area contributed by atoms with Crippen molar-refractivity contribution in [3.8, 4) is 0 Å². The topological polar surface area (TPSA) is 52.6 Å². The van der Waals surface area contributed by atoms with Gasteiger partial charge in [0.2, 0.25) is 0 Å². The van der Waals surface area contributed by atoms with Crippen LogP contribution in [0, 0.1) is 0 Å².